The zero-order valence-corrected chi connectivity index (χ0v) is 19.0. The number of benzene rings is 2. The molecule has 4 rings (SSSR count). The number of hydrogen-bond donors (Lipinski definition) is 1. The van der Waals surface area contributed by atoms with E-state index in [4.69, 9.17) is 4.74 Å². The lowest BCUT2D eigenvalue weighted by Crippen LogP contribution is -2.50. The van der Waals surface area contributed by atoms with Gasteiger partial charge in [0.05, 0.1) is 11.5 Å². The molecule has 1 aromatic heterocycles. The standard InChI is InChI=1S/C24H28N4O5/c1-24(2,3)33-23(30)26-12-10-25(11-13-26)20-9-6-18-16-27(22(29)21(18)14-20)15-17-4-7-19(8-5-17)28(31)32/h4-9,14,16,29H,10-13,15H2,1-3H3. The highest BCUT2D eigenvalue weighted by molar-refractivity contribution is 5.91. The van der Waals surface area contributed by atoms with Crippen LogP contribution in [0.5, 0.6) is 5.88 Å². The highest BCUT2D eigenvalue weighted by atomic mass is 16.6. The van der Waals surface area contributed by atoms with Crippen molar-refractivity contribution in [1.82, 2.24) is 9.47 Å². The van der Waals surface area contributed by atoms with Gasteiger partial charge in [-0.25, -0.2) is 4.79 Å². The molecule has 9 nitrogen and oxygen atoms in total. The number of nitro benzene ring substituents is 1. The summed E-state index contributed by atoms with van der Waals surface area (Å²) in [6, 6.07) is 12.3. The van der Waals surface area contributed by atoms with E-state index >= 15 is 0 Å². The van der Waals surface area contributed by atoms with Gasteiger partial charge in [0.2, 0.25) is 0 Å². The number of non-ortho nitro benzene ring substituents is 1. The highest BCUT2D eigenvalue weighted by Gasteiger charge is 2.26. The van der Waals surface area contributed by atoms with Gasteiger partial charge in [-0.05, 0) is 38.5 Å². The van der Waals surface area contributed by atoms with Crippen molar-refractivity contribution in [2.24, 2.45) is 0 Å². The number of fused-ring (bicyclic) bond motifs is 1. The molecule has 0 saturated carbocycles. The van der Waals surface area contributed by atoms with Crippen LogP contribution in [0.4, 0.5) is 16.2 Å². The molecule has 2 aromatic carbocycles. The minimum Gasteiger partial charge on any atom is -0.494 e. The molecule has 0 atom stereocenters. The Kier molecular flexibility index (Phi) is 5.88. The molecule has 174 valence electrons. The smallest absolute Gasteiger partial charge is 0.410 e. The van der Waals surface area contributed by atoms with Crippen LogP contribution in [0.15, 0.2) is 48.7 Å². The Hall–Kier alpha value is -3.75. The number of carbonyl (C=O) groups excluding carboxylic acids is 1. The molecular formula is C24H28N4O5. The maximum atomic E-state index is 12.3. The SMILES string of the molecule is CC(C)(C)OC(=O)N1CCN(c2ccc3cn(Cc4ccc([N+](=O)[O-])cc4)c(O)c3c2)CC1. The van der Waals surface area contributed by atoms with Crippen LogP contribution in [-0.4, -0.2) is 57.4 Å². The van der Waals surface area contributed by atoms with E-state index < -0.39 is 10.5 Å². The second-order valence-electron chi connectivity index (χ2n) is 9.23. The van der Waals surface area contributed by atoms with Crippen molar-refractivity contribution in [2.75, 3.05) is 31.1 Å². The second kappa shape index (κ2) is 8.65. The number of nitrogens with zero attached hydrogens (tertiary/aromatic N) is 4. The van der Waals surface area contributed by atoms with Gasteiger partial charge in [-0.2, -0.15) is 0 Å². The molecule has 1 saturated heterocycles. The average Bonchev–Trinajstić information content (AvgIpc) is 3.08. The summed E-state index contributed by atoms with van der Waals surface area (Å²) < 4.78 is 7.19. The first-order valence-corrected chi connectivity index (χ1v) is 10.9. The minimum atomic E-state index is -0.515. The zero-order valence-electron chi connectivity index (χ0n) is 19.0. The summed E-state index contributed by atoms with van der Waals surface area (Å²) in [5, 5.41) is 23.3. The number of rotatable bonds is 4. The number of ether oxygens (including phenoxy) is 1. The first-order valence-electron chi connectivity index (χ1n) is 10.9. The third-order valence-corrected chi connectivity index (χ3v) is 5.64. The molecule has 9 heteroatoms. The van der Waals surface area contributed by atoms with Gasteiger partial charge in [-0.15, -0.1) is 0 Å². The molecule has 0 bridgehead atoms. The lowest BCUT2D eigenvalue weighted by molar-refractivity contribution is -0.384. The van der Waals surface area contributed by atoms with Gasteiger partial charge in [0.1, 0.15) is 5.60 Å². The first kappa shape index (κ1) is 22.4. The number of hydrogen-bond acceptors (Lipinski definition) is 6. The summed E-state index contributed by atoms with van der Waals surface area (Å²) in [4.78, 5) is 26.6. The lowest BCUT2D eigenvalue weighted by Gasteiger charge is -2.36. The van der Waals surface area contributed by atoms with Crippen LogP contribution in [0, 0.1) is 10.1 Å². The Balaban J connectivity index is 1.46. The Morgan fingerprint density at radius 2 is 1.76 bits per heavy atom. The van der Waals surface area contributed by atoms with Gasteiger partial charge >= 0.3 is 6.09 Å². The highest BCUT2D eigenvalue weighted by Crippen LogP contribution is 2.32. The molecule has 1 aliphatic heterocycles. The maximum Gasteiger partial charge on any atom is 0.410 e. The largest absolute Gasteiger partial charge is 0.494 e. The van der Waals surface area contributed by atoms with Crippen LogP contribution in [0.25, 0.3) is 10.8 Å². The van der Waals surface area contributed by atoms with Crippen LogP contribution in [0.1, 0.15) is 26.3 Å². The third kappa shape index (κ3) is 5.02. The molecule has 0 unspecified atom stereocenters. The van der Waals surface area contributed by atoms with Crippen molar-refractivity contribution in [3.05, 3.63) is 64.3 Å². The Bertz CT molecular complexity index is 1170. The van der Waals surface area contributed by atoms with E-state index in [0.717, 1.165) is 22.0 Å². The van der Waals surface area contributed by atoms with E-state index in [-0.39, 0.29) is 17.7 Å². The summed E-state index contributed by atoms with van der Waals surface area (Å²) >= 11 is 0. The molecule has 0 aliphatic carbocycles. The van der Waals surface area contributed by atoms with E-state index in [1.165, 1.54) is 12.1 Å². The Labute approximate surface area is 191 Å². The zero-order chi connectivity index (χ0) is 23.8. The molecule has 0 spiro atoms. The molecule has 3 aromatic rings. The predicted octanol–water partition coefficient (Wildman–Crippen LogP) is 4.36. The second-order valence-corrected chi connectivity index (χ2v) is 9.23. The van der Waals surface area contributed by atoms with Crippen LogP contribution in [0.2, 0.25) is 0 Å². The fourth-order valence-electron chi connectivity index (χ4n) is 3.94. The van der Waals surface area contributed by atoms with E-state index in [2.05, 4.69) is 4.90 Å². The number of aromatic nitrogens is 1. The Morgan fingerprint density at radius 1 is 1.09 bits per heavy atom. The Morgan fingerprint density at radius 3 is 2.36 bits per heavy atom. The number of aromatic hydroxyl groups is 1. The molecule has 1 amide bonds. The quantitative estimate of drug-likeness (QED) is 0.466. The maximum absolute atomic E-state index is 12.3. The summed E-state index contributed by atoms with van der Waals surface area (Å²) in [7, 11) is 0. The number of piperazine rings is 1. The fourth-order valence-corrected chi connectivity index (χ4v) is 3.94. The van der Waals surface area contributed by atoms with E-state index in [0.29, 0.717) is 32.7 Å². The molecule has 33 heavy (non-hydrogen) atoms. The normalized spacial score (nSPS) is 14.5. The summed E-state index contributed by atoms with van der Waals surface area (Å²) in [6.07, 6.45) is 1.58. The number of carbonyl (C=O) groups is 1. The van der Waals surface area contributed by atoms with E-state index in [9.17, 15) is 20.0 Å². The summed E-state index contributed by atoms with van der Waals surface area (Å²) in [5.74, 6) is 0.151. The first-order chi connectivity index (χ1) is 15.6. The van der Waals surface area contributed by atoms with Crippen molar-refractivity contribution in [3.8, 4) is 5.88 Å². The van der Waals surface area contributed by atoms with Crippen LogP contribution >= 0.6 is 0 Å². The summed E-state index contributed by atoms with van der Waals surface area (Å²) in [6.45, 7) is 8.47. The van der Waals surface area contributed by atoms with Crippen LogP contribution in [0.3, 0.4) is 0 Å². The topological polar surface area (TPSA) is 101 Å². The van der Waals surface area contributed by atoms with Crippen molar-refractivity contribution < 1.29 is 19.6 Å². The molecular weight excluding hydrogens is 424 g/mol. The fraction of sp³-hybridized carbons (Fsp3) is 0.375. The van der Waals surface area contributed by atoms with Gasteiger partial charge in [-0.3, -0.25) is 10.1 Å². The molecule has 2 heterocycles. The van der Waals surface area contributed by atoms with Crippen molar-refractivity contribution >= 4 is 28.2 Å². The van der Waals surface area contributed by atoms with E-state index in [1.807, 2.05) is 45.2 Å². The lowest BCUT2D eigenvalue weighted by atomic mass is 10.1. The molecule has 1 fully saturated rings. The van der Waals surface area contributed by atoms with Gasteiger partial charge in [0.15, 0.2) is 5.88 Å². The van der Waals surface area contributed by atoms with Gasteiger partial charge < -0.3 is 24.2 Å². The van der Waals surface area contributed by atoms with Gasteiger partial charge in [-0.1, -0.05) is 18.2 Å². The molecule has 0 radical (unpaired) electrons. The molecule has 1 N–H and O–H groups in total. The molecule has 1 aliphatic rings. The summed E-state index contributed by atoms with van der Waals surface area (Å²) in [5.41, 5.74) is 1.36. The van der Waals surface area contributed by atoms with Crippen molar-refractivity contribution in [2.45, 2.75) is 32.9 Å². The average molecular weight is 453 g/mol. The number of anilines is 1. The van der Waals surface area contributed by atoms with Crippen molar-refractivity contribution in [1.29, 1.82) is 0 Å². The minimum absolute atomic E-state index is 0.0389. The van der Waals surface area contributed by atoms with Crippen LogP contribution in [-0.2, 0) is 11.3 Å². The van der Waals surface area contributed by atoms with Crippen molar-refractivity contribution in [3.63, 3.8) is 0 Å². The number of amides is 1. The van der Waals surface area contributed by atoms with Gasteiger partial charge in [0, 0.05) is 61.0 Å². The predicted molar refractivity (Wildman–Crippen MR) is 126 cm³/mol. The monoisotopic (exact) mass is 452 g/mol. The number of nitro groups is 1. The van der Waals surface area contributed by atoms with Gasteiger partial charge in [0.25, 0.3) is 5.69 Å². The van der Waals surface area contributed by atoms with Crippen LogP contribution < -0.4 is 4.90 Å². The van der Waals surface area contributed by atoms with E-state index in [1.54, 1.807) is 21.6 Å². The third-order valence-electron chi connectivity index (χ3n) is 5.64.